The maximum atomic E-state index is 10.7. The number of ether oxygens (including phenoxy) is 1. The van der Waals surface area contributed by atoms with Crippen LogP contribution in [0.1, 0.15) is 50.5 Å². The Labute approximate surface area is 199 Å². The maximum absolute atomic E-state index is 10.7. The van der Waals surface area contributed by atoms with E-state index in [0.29, 0.717) is 11.1 Å². The first-order valence-corrected chi connectivity index (χ1v) is 11.9. The minimum absolute atomic E-state index is 0.149. The zero-order valence-electron chi connectivity index (χ0n) is 18.0. The molecule has 32 heavy (non-hydrogen) atoms. The van der Waals surface area contributed by atoms with Crippen LogP contribution in [0.25, 0.3) is 0 Å². The topological polar surface area (TPSA) is 62.1 Å². The number of carbonyl (C=O) groups is 1. The van der Waals surface area contributed by atoms with E-state index in [0.717, 1.165) is 18.7 Å². The molecular weight excluding hydrogens is 447 g/mol. The second-order valence-electron chi connectivity index (χ2n) is 8.82. The van der Waals surface area contributed by atoms with Crippen molar-refractivity contribution in [1.29, 1.82) is 0 Å². The third-order valence-corrected chi connectivity index (χ3v) is 7.24. The van der Waals surface area contributed by atoms with Crippen molar-refractivity contribution < 1.29 is 14.6 Å². The predicted molar refractivity (Wildman–Crippen MR) is 130 cm³/mol. The van der Waals surface area contributed by atoms with Crippen LogP contribution >= 0.6 is 23.2 Å². The van der Waals surface area contributed by atoms with Gasteiger partial charge in [-0.3, -0.25) is 4.99 Å². The molecule has 7 heteroatoms. The summed E-state index contributed by atoms with van der Waals surface area (Å²) in [6.45, 7) is 1.77. The van der Waals surface area contributed by atoms with E-state index in [4.69, 9.17) is 33.0 Å². The molecule has 1 saturated heterocycles. The van der Waals surface area contributed by atoms with Crippen molar-refractivity contribution in [2.24, 2.45) is 10.4 Å². The van der Waals surface area contributed by atoms with Crippen LogP contribution in [0.2, 0.25) is 10.0 Å². The van der Waals surface area contributed by atoms with E-state index in [1.165, 1.54) is 50.6 Å². The van der Waals surface area contributed by atoms with Crippen LogP contribution in [0.5, 0.6) is 5.75 Å². The second-order valence-corrected chi connectivity index (χ2v) is 9.63. The van der Waals surface area contributed by atoms with Gasteiger partial charge in [0, 0.05) is 25.0 Å². The first kappa shape index (κ1) is 22.9. The van der Waals surface area contributed by atoms with Crippen LogP contribution in [-0.2, 0) is 4.79 Å². The summed E-state index contributed by atoms with van der Waals surface area (Å²) in [5.74, 6) is -0.948. The fourth-order valence-corrected chi connectivity index (χ4v) is 5.44. The molecule has 0 radical (unpaired) electrons. The number of halogens is 2. The van der Waals surface area contributed by atoms with Crippen molar-refractivity contribution in [3.8, 4) is 5.75 Å². The fourth-order valence-electron chi connectivity index (χ4n) is 4.85. The highest BCUT2D eigenvalue weighted by Gasteiger charge is 2.35. The number of hydrogen-bond donors (Lipinski definition) is 1. The Morgan fingerprint density at radius 2 is 1.66 bits per heavy atom. The van der Waals surface area contributed by atoms with Crippen LogP contribution < -0.4 is 9.64 Å². The normalized spacial score (nSPS) is 18.2. The molecule has 0 aromatic heterocycles. The van der Waals surface area contributed by atoms with E-state index in [-0.39, 0.29) is 15.8 Å². The minimum atomic E-state index is -1.10. The number of anilines is 1. The third-order valence-electron chi connectivity index (χ3n) is 6.68. The highest BCUT2D eigenvalue weighted by atomic mass is 35.5. The molecule has 1 aliphatic heterocycles. The maximum Gasteiger partial charge on any atom is 0.341 e. The zero-order valence-corrected chi connectivity index (χ0v) is 19.5. The number of carboxylic acid groups (broad SMARTS) is 1. The van der Waals surface area contributed by atoms with Crippen LogP contribution in [-0.4, -0.2) is 37.0 Å². The number of benzene rings is 2. The van der Waals surface area contributed by atoms with Crippen molar-refractivity contribution in [3.63, 3.8) is 0 Å². The van der Waals surface area contributed by atoms with E-state index in [2.05, 4.69) is 34.2 Å². The van der Waals surface area contributed by atoms with E-state index in [1.807, 2.05) is 0 Å². The van der Waals surface area contributed by atoms with Crippen molar-refractivity contribution in [3.05, 3.63) is 52.0 Å². The molecule has 1 heterocycles. The Kier molecular flexibility index (Phi) is 7.27. The Morgan fingerprint density at radius 3 is 2.25 bits per heavy atom. The quantitative estimate of drug-likeness (QED) is 0.469. The Bertz CT molecular complexity index is 952. The van der Waals surface area contributed by atoms with Crippen LogP contribution in [0, 0.1) is 5.41 Å². The molecule has 4 rings (SSSR count). The highest BCUT2D eigenvalue weighted by molar-refractivity contribution is 6.37. The largest absolute Gasteiger partial charge is 0.479 e. The summed E-state index contributed by atoms with van der Waals surface area (Å²) < 4.78 is 5.13. The molecule has 0 atom stereocenters. The average Bonchev–Trinajstić information content (AvgIpc) is 2.78. The third kappa shape index (κ3) is 5.57. The monoisotopic (exact) mass is 474 g/mol. The summed E-state index contributed by atoms with van der Waals surface area (Å²) in [6.07, 6.45) is 11.4. The summed E-state index contributed by atoms with van der Waals surface area (Å²) in [5, 5.41) is 9.19. The van der Waals surface area contributed by atoms with Crippen molar-refractivity contribution in [2.75, 3.05) is 24.6 Å². The molecule has 5 nitrogen and oxygen atoms in total. The van der Waals surface area contributed by atoms with Gasteiger partial charge in [-0.05, 0) is 60.9 Å². The number of rotatable bonds is 6. The molecule has 0 bridgehead atoms. The molecule has 2 aromatic carbocycles. The van der Waals surface area contributed by atoms with Gasteiger partial charge in [-0.15, -0.1) is 0 Å². The van der Waals surface area contributed by atoms with Crippen LogP contribution in [0.3, 0.4) is 0 Å². The van der Waals surface area contributed by atoms with Crippen molar-refractivity contribution in [1.82, 2.24) is 0 Å². The van der Waals surface area contributed by atoms with Gasteiger partial charge in [0.1, 0.15) is 0 Å². The van der Waals surface area contributed by atoms with Gasteiger partial charge < -0.3 is 14.7 Å². The number of nitrogens with zero attached hydrogens (tertiary/aromatic N) is 2. The van der Waals surface area contributed by atoms with Gasteiger partial charge in [-0.2, -0.15) is 0 Å². The lowest BCUT2D eigenvalue weighted by Gasteiger charge is -2.45. The molecule has 1 spiro atoms. The number of carboxylic acids is 1. The second kappa shape index (κ2) is 10.1. The smallest absolute Gasteiger partial charge is 0.341 e. The molecule has 1 N–H and O–H groups in total. The van der Waals surface area contributed by atoms with Gasteiger partial charge in [0.2, 0.25) is 0 Å². The van der Waals surface area contributed by atoms with E-state index in [9.17, 15) is 4.79 Å². The first-order chi connectivity index (χ1) is 15.4. The average molecular weight is 475 g/mol. The lowest BCUT2D eigenvalue weighted by atomic mass is 9.68. The standard InChI is InChI=1S/C25H28Cl2N2O3/c26-21-14-19(15-22(27)24(21)32-17-23(30)31)28-16-18-4-6-20(7-5-18)29-12-10-25(11-13-29)8-2-1-3-9-25/h4-7,14-16H,1-3,8-13,17H2,(H,30,31). The van der Waals surface area contributed by atoms with Gasteiger partial charge in [-0.1, -0.05) is 54.6 Å². The van der Waals surface area contributed by atoms with Crippen molar-refractivity contribution >= 4 is 46.8 Å². The van der Waals surface area contributed by atoms with E-state index in [1.54, 1.807) is 18.3 Å². The van der Waals surface area contributed by atoms with Crippen molar-refractivity contribution in [2.45, 2.75) is 44.9 Å². The number of piperidine rings is 1. The number of aliphatic imine (C=N–C) groups is 1. The van der Waals surface area contributed by atoms with Crippen LogP contribution in [0.15, 0.2) is 41.4 Å². The highest BCUT2D eigenvalue weighted by Crippen LogP contribution is 2.45. The lowest BCUT2D eigenvalue weighted by molar-refractivity contribution is -0.139. The lowest BCUT2D eigenvalue weighted by Crippen LogP contribution is -2.41. The summed E-state index contributed by atoms with van der Waals surface area (Å²) in [5.41, 5.74) is 3.42. The van der Waals surface area contributed by atoms with Gasteiger partial charge in [0.05, 0.1) is 15.7 Å². The predicted octanol–water partition coefficient (Wildman–Crippen LogP) is 6.76. The van der Waals surface area contributed by atoms with Gasteiger partial charge in [0.15, 0.2) is 12.4 Å². The molecule has 170 valence electrons. The number of hydrogen-bond acceptors (Lipinski definition) is 4. The molecule has 2 fully saturated rings. The number of aliphatic carboxylic acids is 1. The van der Waals surface area contributed by atoms with Gasteiger partial charge in [0.25, 0.3) is 0 Å². The first-order valence-electron chi connectivity index (χ1n) is 11.2. The molecule has 1 saturated carbocycles. The Hall–Kier alpha value is -2.24. The Morgan fingerprint density at radius 1 is 1.03 bits per heavy atom. The molecule has 1 aliphatic carbocycles. The van der Waals surface area contributed by atoms with E-state index < -0.39 is 12.6 Å². The SMILES string of the molecule is O=C(O)COc1c(Cl)cc(N=Cc2ccc(N3CCC4(CCCCC4)CC3)cc2)cc1Cl. The molecule has 0 unspecified atom stereocenters. The summed E-state index contributed by atoms with van der Waals surface area (Å²) in [6, 6.07) is 11.6. The summed E-state index contributed by atoms with van der Waals surface area (Å²) >= 11 is 12.4. The van der Waals surface area contributed by atoms with Crippen LogP contribution in [0.4, 0.5) is 11.4 Å². The minimum Gasteiger partial charge on any atom is -0.479 e. The van der Waals surface area contributed by atoms with Gasteiger partial charge >= 0.3 is 5.97 Å². The molecule has 0 amide bonds. The summed E-state index contributed by atoms with van der Waals surface area (Å²) in [4.78, 5) is 17.6. The molecule has 2 aliphatic rings. The summed E-state index contributed by atoms with van der Waals surface area (Å²) in [7, 11) is 0. The Balaban J connectivity index is 1.37. The fraction of sp³-hybridized carbons (Fsp3) is 0.440. The molecule has 2 aromatic rings. The van der Waals surface area contributed by atoms with Gasteiger partial charge in [-0.25, -0.2) is 4.79 Å². The zero-order chi connectivity index (χ0) is 22.6. The molecular formula is C25H28Cl2N2O3. The van der Waals surface area contributed by atoms with E-state index >= 15 is 0 Å².